The fourth-order valence-corrected chi connectivity index (χ4v) is 1.92. The van der Waals surface area contributed by atoms with Gasteiger partial charge in [-0.05, 0) is 18.2 Å². The summed E-state index contributed by atoms with van der Waals surface area (Å²) in [6, 6.07) is 13.9. The van der Waals surface area contributed by atoms with Crippen LogP contribution in [0, 0.1) is 0 Å². The maximum Gasteiger partial charge on any atom is 0.137 e. The van der Waals surface area contributed by atoms with Crippen LogP contribution in [0.2, 0.25) is 0 Å². The molecular weight excluding hydrogens is 226 g/mol. The van der Waals surface area contributed by atoms with Gasteiger partial charge in [0.1, 0.15) is 11.2 Å². The minimum atomic E-state index is 0.787. The van der Waals surface area contributed by atoms with Gasteiger partial charge in [0.25, 0.3) is 0 Å². The van der Waals surface area contributed by atoms with E-state index in [0.717, 1.165) is 27.6 Å². The summed E-state index contributed by atoms with van der Waals surface area (Å²) in [5, 5.41) is 12.0. The lowest BCUT2D eigenvalue weighted by molar-refractivity contribution is 0.408. The Balaban J connectivity index is 2.15. The molecule has 3 aromatic rings. The first-order valence-electron chi connectivity index (χ1n) is 5.74. The van der Waals surface area contributed by atoms with E-state index >= 15 is 0 Å². The van der Waals surface area contributed by atoms with Gasteiger partial charge in [-0.15, -0.1) is 5.11 Å². The first-order chi connectivity index (χ1) is 8.74. The van der Waals surface area contributed by atoms with Crippen LogP contribution in [-0.4, -0.2) is 19.1 Å². The van der Waals surface area contributed by atoms with Crippen LogP contribution in [0.1, 0.15) is 0 Å². The van der Waals surface area contributed by atoms with Gasteiger partial charge in [0, 0.05) is 30.9 Å². The molecule has 4 nitrogen and oxygen atoms in total. The van der Waals surface area contributed by atoms with Gasteiger partial charge in [0.2, 0.25) is 0 Å². The molecule has 0 aliphatic rings. The Labute approximate surface area is 104 Å². The van der Waals surface area contributed by atoms with Crippen molar-refractivity contribution in [2.75, 3.05) is 14.1 Å². The number of nitrogens with zero attached hydrogens (tertiary/aromatic N) is 3. The maximum atomic E-state index is 5.78. The average molecular weight is 239 g/mol. The molecule has 1 heterocycles. The molecule has 0 fully saturated rings. The summed E-state index contributed by atoms with van der Waals surface area (Å²) in [7, 11) is 3.67. The molecule has 0 saturated heterocycles. The Morgan fingerprint density at radius 2 is 1.72 bits per heavy atom. The summed E-state index contributed by atoms with van der Waals surface area (Å²) in [6.07, 6.45) is 0. The van der Waals surface area contributed by atoms with Crippen molar-refractivity contribution in [3.63, 3.8) is 0 Å². The van der Waals surface area contributed by atoms with E-state index < -0.39 is 0 Å². The fraction of sp³-hybridized carbons (Fsp3) is 0.143. The Morgan fingerprint density at radius 3 is 2.56 bits per heavy atom. The van der Waals surface area contributed by atoms with E-state index in [0.29, 0.717) is 0 Å². The molecule has 0 spiro atoms. The molecule has 0 amide bonds. The zero-order chi connectivity index (χ0) is 12.5. The van der Waals surface area contributed by atoms with Gasteiger partial charge >= 0.3 is 0 Å². The highest BCUT2D eigenvalue weighted by Crippen LogP contribution is 2.31. The van der Waals surface area contributed by atoms with Crippen LogP contribution in [-0.2, 0) is 0 Å². The van der Waals surface area contributed by atoms with Crippen LogP contribution in [0.4, 0.5) is 5.69 Å². The molecule has 0 atom stereocenters. The normalized spacial score (nSPS) is 11.7. The Morgan fingerprint density at radius 1 is 0.944 bits per heavy atom. The maximum absolute atomic E-state index is 5.78. The van der Waals surface area contributed by atoms with Crippen molar-refractivity contribution in [2.24, 2.45) is 10.3 Å². The largest absolute Gasteiger partial charge is 0.456 e. The fourth-order valence-electron chi connectivity index (χ4n) is 1.92. The zero-order valence-corrected chi connectivity index (χ0v) is 10.3. The highest BCUT2D eigenvalue weighted by molar-refractivity contribution is 6.05. The molecule has 2 aromatic carbocycles. The summed E-state index contributed by atoms with van der Waals surface area (Å²) < 4.78 is 5.78. The molecule has 1 aromatic heterocycles. The molecule has 0 N–H and O–H groups in total. The summed E-state index contributed by atoms with van der Waals surface area (Å²) in [5.74, 6) is 0. The van der Waals surface area contributed by atoms with Gasteiger partial charge < -0.3 is 4.42 Å². The lowest BCUT2D eigenvalue weighted by Gasteiger charge is -2.00. The van der Waals surface area contributed by atoms with E-state index in [1.54, 1.807) is 5.01 Å². The van der Waals surface area contributed by atoms with Crippen molar-refractivity contribution < 1.29 is 4.42 Å². The highest BCUT2D eigenvalue weighted by Gasteiger charge is 2.06. The average Bonchev–Trinajstić information content (AvgIpc) is 2.73. The van der Waals surface area contributed by atoms with Gasteiger partial charge in [-0.25, -0.2) is 0 Å². The van der Waals surface area contributed by atoms with E-state index in [-0.39, 0.29) is 0 Å². The first kappa shape index (κ1) is 10.8. The van der Waals surface area contributed by atoms with Crippen LogP contribution in [0.15, 0.2) is 57.2 Å². The van der Waals surface area contributed by atoms with E-state index in [1.165, 1.54) is 0 Å². The topological polar surface area (TPSA) is 41.1 Å². The SMILES string of the molecule is CN(C)N=Nc1ccc2c(c1)oc1ccccc12. The van der Waals surface area contributed by atoms with Crippen LogP contribution >= 0.6 is 0 Å². The molecule has 0 aliphatic carbocycles. The molecule has 3 rings (SSSR count). The van der Waals surface area contributed by atoms with Crippen molar-refractivity contribution in [1.29, 1.82) is 0 Å². The second-order valence-corrected chi connectivity index (χ2v) is 4.32. The number of para-hydroxylation sites is 1. The number of benzene rings is 2. The second-order valence-electron chi connectivity index (χ2n) is 4.32. The van der Waals surface area contributed by atoms with Crippen molar-refractivity contribution in [3.05, 3.63) is 42.5 Å². The quantitative estimate of drug-likeness (QED) is 0.498. The van der Waals surface area contributed by atoms with Gasteiger partial charge in [-0.3, -0.25) is 5.01 Å². The lowest BCUT2D eigenvalue weighted by atomic mass is 10.1. The second kappa shape index (κ2) is 4.14. The third-order valence-corrected chi connectivity index (χ3v) is 2.70. The molecule has 90 valence electrons. The number of rotatable bonds is 2. The zero-order valence-electron chi connectivity index (χ0n) is 10.3. The Kier molecular flexibility index (Phi) is 2.48. The standard InChI is InChI=1S/C14H13N3O/c1-17(2)16-15-10-7-8-12-11-5-3-4-6-13(11)18-14(12)9-10/h3-9H,1-2H3. The Hall–Kier alpha value is -2.36. The van der Waals surface area contributed by atoms with E-state index in [9.17, 15) is 0 Å². The highest BCUT2D eigenvalue weighted by atomic mass is 16.3. The van der Waals surface area contributed by atoms with Gasteiger partial charge in [-0.1, -0.05) is 23.4 Å². The number of hydrogen-bond donors (Lipinski definition) is 0. The minimum Gasteiger partial charge on any atom is -0.456 e. The van der Waals surface area contributed by atoms with Crippen LogP contribution in [0.5, 0.6) is 0 Å². The summed E-state index contributed by atoms with van der Waals surface area (Å²) in [4.78, 5) is 0. The molecule has 4 heteroatoms. The van der Waals surface area contributed by atoms with Gasteiger partial charge in [-0.2, -0.15) is 0 Å². The smallest absolute Gasteiger partial charge is 0.137 e. The molecule has 0 unspecified atom stereocenters. The van der Waals surface area contributed by atoms with Crippen molar-refractivity contribution in [2.45, 2.75) is 0 Å². The monoisotopic (exact) mass is 239 g/mol. The number of furan rings is 1. The summed E-state index contributed by atoms with van der Waals surface area (Å²) in [5.41, 5.74) is 2.52. The predicted molar refractivity (Wildman–Crippen MR) is 71.9 cm³/mol. The Bertz CT molecular complexity index is 728. The molecule has 0 saturated carbocycles. The van der Waals surface area contributed by atoms with E-state index in [2.05, 4.69) is 16.4 Å². The molecule has 18 heavy (non-hydrogen) atoms. The van der Waals surface area contributed by atoms with Crippen LogP contribution < -0.4 is 0 Å². The molecule has 0 radical (unpaired) electrons. The van der Waals surface area contributed by atoms with Crippen LogP contribution in [0.3, 0.4) is 0 Å². The van der Waals surface area contributed by atoms with E-state index in [1.807, 2.05) is 50.5 Å². The molecule has 0 bridgehead atoms. The van der Waals surface area contributed by atoms with Crippen LogP contribution in [0.25, 0.3) is 21.9 Å². The van der Waals surface area contributed by atoms with Crippen molar-refractivity contribution in [3.8, 4) is 0 Å². The third kappa shape index (κ3) is 1.82. The third-order valence-electron chi connectivity index (χ3n) is 2.70. The lowest BCUT2D eigenvalue weighted by Crippen LogP contribution is -1.98. The van der Waals surface area contributed by atoms with Crippen molar-refractivity contribution >= 4 is 27.6 Å². The van der Waals surface area contributed by atoms with Gasteiger partial charge in [0.05, 0.1) is 5.69 Å². The predicted octanol–water partition coefficient (Wildman–Crippen LogP) is 4.15. The van der Waals surface area contributed by atoms with E-state index in [4.69, 9.17) is 4.42 Å². The number of hydrogen-bond acceptors (Lipinski definition) is 3. The minimum absolute atomic E-state index is 0.787. The first-order valence-corrected chi connectivity index (χ1v) is 5.74. The molecular formula is C14H13N3O. The molecule has 0 aliphatic heterocycles. The van der Waals surface area contributed by atoms with Crippen molar-refractivity contribution in [1.82, 2.24) is 5.01 Å². The summed E-state index contributed by atoms with van der Waals surface area (Å²) in [6.45, 7) is 0. The summed E-state index contributed by atoms with van der Waals surface area (Å²) >= 11 is 0. The number of fused-ring (bicyclic) bond motifs is 3. The van der Waals surface area contributed by atoms with Gasteiger partial charge in [0.15, 0.2) is 0 Å².